The molecule has 0 bridgehead atoms. The Labute approximate surface area is 110 Å². The van der Waals surface area contributed by atoms with Crippen LogP contribution in [0.2, 0.25) is 0 Å². The van der Waals surface area contributed by atoms with Gasteiger partial charge < -0.3 is 15.0 Å². The highest BCUT2D eigenvalue weighted by Gasteiger charge is 2.11. The molecule has 0 saturated heterocycles. The van der Waals surface area contributed by atoms with Gasteiger partial charge in [0.1, 0.15) is 5.82 Å². The minimum absolute atomic E-state index is 0.316. The Kier molecular flexibility index (Phi) is 6.09. The molecule has 0 saturated carbocycles. The third kappa shape index (κ3) is 4.63. The lowest BCUT2D eigenvalue weighted by molar-refractivity contribution is 0.183. The second kappa shape index (κ2) is 7.34. The molecule has 0 spiro atoms. The molecule has 1 N–H and O–H groups in total. The molecule has 0 radical (unpaired) electrons. The highest BCUT2D eigenvalue weighted by molar-refractivity contribution is 5.39. The minimum atomic E-state index is 0.316. The van der Waals surface area contributed by atoms with Crippen molar-refractivity contribution >= 4 is 5.82 Å². The second-order valence-corrected chi connectivity index (χ2v) is 4.94. The van der Waals surface area contributed by atoms with Crippen molar-refractivity contribution < 1.29 is 4.74 Å². The molecule has 4 nitrogen and oxygen atoms in total. The van der Waals surface area contributed by atoms with Crippen LogP contribution in [-0.2, 0) is 11.3 Å². The highest BCUT2D eigenvalue weighted by atomic mass is 16.5. The minimum Gasteiger partial charge on any atom is -0.383 e. The van der Waals surface area contributed by atoms with Crippen LogP contribution in [0.1, 0.15) is 26.5 Å². The van der Waals surface area contributed by atoms with Gasteiger partial charge in [-0.2, -0.15) is 0 Å². The van der Waals surface area contributed by atoms with Gasteiger partial charge >= 0.3 is 0 Å². The molecule has 0 aliphatic rings. The van der Waals surface area contributed by atoms with Gasteiger partial charge in [0.25, 0.3) is 0 Å². The zero-order valence-corrected chi connectivity index (χ0v) is 12.1. The van der Waals surface area contributed by atoms with E-state index in [1.165, 1.54) is 0 Å². The number of pyridine rings is 1. The van der Waals surface area contributed by atoms with Gasteiger partial charge in [0.2, 0.25) is 0 Å². The molecule has 0 fully saturated rings. The molecule has 0 amide bonds. The lowest BCUT2D eigenvalue weighted by Gasteiger charge is -2.25. The fourth-order valence-corrected chi connectivity index (χ4v) is 1.65. The van der Waals surface area contributed by atoms with Gasteiger partial charge in [-0.15, -0.1) is 0 Å². The number of ether oxygens (including phenoxy) is 1. The van der Waals surface area contributed by atoms with E-state index in [2.05, 4.69) is 42.0 Å². The van der Waals surface area contributed by atoms with E-state index >= 15 is 0 Å². The van der Waals surface area contributed by atoms with E-state index in [-0.39, 0.29) is 0 Å². The largest absolute Gasteiger partial charge is 0.383 e. The summed E-state index contributed by atoms with van der Waals surface area (Å²) >= 11 is 0. The lowest BCUT2D eigenvalue weighted by Crippen LogP contribution is -2.33. The summed E-state index contributed by atoms with van der Waals surface area (Å²) < 4.78 is 5.17. The molecule has 1 rings (SSSR count). The van der Waals surface area contributed by atoms with Crippen LogP contribution in [0.4, 0.5) is 5.82 Å². The zero-order chi connectivity index (χ0) is 13.5. The van der Waals surface area contributed by atoms with E-state index in [4.69, 9.17) is 4.74 Å². The van der Waals surface area contributed by atoms with Crippen LogP contribution < -0.4 is 10.2 Å². The maximum atomic E-state index is 5.17. The summed E-state index contributed by atoms with van der Waals surface area (Å²) in [6, 6.07) is 6.92. The van der Waals surface area contributed by atoms with Crippen LogP contribution in [0.15, 0.2) is 18.2 Å². The van der Waals surface area contributed by atoms with Crippen molar-refractivity contribution in [2.75, 3.05) is 25.7 Å². The Balaban J connectivity index is 2.68. The van der Waals surface area contributed by atoms with Crippen molar-refractivity contribution in [1.82, 2.24) is 10.3 Å². The van der Waals surface area contributed by atoms with Gasteiger partial charge in [0.15, 0.2) is 0 Å². The highest BCUT2D eigenvalue weighted by Crippen LogP contribution is 2.13. The standard InChI is InChI=1S/C14H25N3O/c1-11(2)15-9-13-7-6-8-14(16-13)17(4)12(3)10-18-5/h6-8,11-12,15H,9-10H2,1-5H3. The van der Waals surface area contributed by atoms with Gasteiger partial charge in [0, 0.05) is 26.7 Å². The number of aromatic nitrogens is 1. The first kappa shape index (κ1) is 14.9. The summed E-state index contributed by atoms with van der Waals surface area (Å²) in [6.45, 7) is 7.90. The van der Waals surface area contributed by atoms with E-state index < -0.39 is 0 Å². The molecule has 18 heavy (non-hydrogen) atoms. The van der Waals surface area contributed by atoms with Crippen LogP contribution in [0.25, 0.3) is 0 Å². The van der Waals surface area contributed by atoms with E-state index in [1.54, 1.807) is 7.11 Å². The number of hydrogen-bond acceptors (Lipinski definition) is 4. The summed E-state index contributed by atoms with van der Waals surface area (Å²) in [5.41, 5.74) is 1.07. The second-order valence-electron chi connectivity index (χ2n) is 4.94. The number of hydrogen-bond donors (Lipinski definition) is 1. The van der Waals surface area contributed by atoms with Crippen molar-refractivity contribution in [2.45, 2.75) is 39.4 Å². The molecule has 0 aromatic carbocycles. The average molecular weight is 251 g/mol. The maximum Gasteiger partial charge on any atom is 0.128 e. The van der Waals surface area contributed by atoms with E-state index in [9.17, 15) is 0 Å². The van der Waals surface area contributed by atoms with Crippen molar-refractivity contribution in [2.24, 2.45) is 0 Å². The molecule has 1 unspecified atom stereocenters. The fourth-order valence-electron chi connectivity index (χ4n) is 1.65. The third-order valence-electron chi connectivity index (χ3n) is 2.91. The molecule has 1 heterocycles. The number of nitrogens with one attached hydrogen (secondary N) is 1. The topological polar surface area (TPSA) is 37.4 Å². The van der Waals surface area contributed by atoms with Crippen LogP contribution >= 0.6 is 0 Å². The van der Waals surface area contributed by atoms with Gasteiger partial charge in [-0.3, -0.25) is 0 Å². The van der Waals surface area contributed by atoms with Gasteiger partial charge in [-0.1, -0.05) is 19.9 Å². The van der Waals surface area contributed by atoms with Crippen molar-refractivity contribution in [3.05, 3.63) is 23.9 Å². The molecule has 102 valence electrons. The number of methoxy groups -OCH3 is 1. The van der Waals surface area contributed by atoms with Gasteiger partial charge in [-0.25, -0.2) is 4.98 Å². The normalized spacial score (nSPS) is 12.8. The Hall–Kier alpha value is -1.13. The monoisotopic (exact) mass is 251 g/mol. The first-order chi connectivity index (χ1) is 8.54. The molecule has 1 aromatic heterocycles. The fraction of sp³-hybridized carbons (Fsp3) is 0.643. The lowest BCUT2D eigenvalue weighted by atomic mass is 10.3. The van der Waals surface area contributed by atoms with Gasteiger partial charge in [0.05, 0.1) is 18.3 Å². The summed E-state index contributed by atoms with van der Waals surface area (Å²) in [5, 5.41) is 3.38. The SMILES string of the molecule is COCC(C)N(C)c1cccc(CNC(C)C)n1. The summed E-state index contributed by atoms with van der Waals surface area (Å²) in [4.78, 5) is 6.80. The Morgan fingerprint density at radius 2 is 2.06 bits per heavy atom. The van der Waals surface area contributed by atoms with E-state index in [0.717, 1.165) is 18.1 Å². The first-order valence-corrected chi connectivity index (χ1v) is 6.45. The Morgan fingerprint density at radius 3 is 2.67 bits per heavy atom. The van der Waals surface area contributed by atoms with Crippen LogP contribution in [0, 0.1) is 0 Å². The molecule has 0 aliphatic carbocycles. The smallest absolute Gasteiger partial charge is 0.128 e. The predicted octanol–water partition coefficient (Wildman–Crippen LogP) is 2.05. The number of nitrogens with zero attached hydrogens (tertiary/aromatic N) is 2. The van der Waals surface area contributed by atoms with Crippen LogP contribution in [0.3, 0.4) is 0 Å². The van der Waals surface area contributed by atoms with Gasteiger partial charge in [-0.05, 0) is 19.1 Å². The molecular weight excluding hydrogens is 226 g/mol. The van der Waals surface area contributed by atoms with Crippen molar-refractivity contribution in [3.8, 4) is 0 Å². The van der Waals surface area contributed by atoms with Crippen molar-refractivity contribution in [3.63, 3.8) is 0 Å². The quantitative estimate of drug-likeness (QED) is 0.805. The molecule has 1 aromatic rings. The van der Waals surface area contributed by atoms with Crippen LogP contribution in [0.5, 0.6) is 0 Å². The number of anilines is 1. The van der Waals surface area contributed by atoms with E-state index in [1.807, 2.05) is 19.2 Å². The Morgan fingerprint density at radius 1 is 1.33 bits per heavy atom. The molecular formula is C14H25N3O. The van der Waals surface area contributed by atoms with E-state index in [0.29, 0.717) is 18.7 Å². The molecule has 1 atom stereocenters. The van der Waals surface area contributed by atoms with Crippen molar-refractivity contribution in [1.29, 1.82) is 0 Å². The maximum absolute atomic E-state index is 5.17. The predicted molar refractivity (Wildman–Crippen MR) is 76.0 cm³/mol. The third-order valence-corrected chi connectivity index (χ3v) is 2.91. The molecule has 4 heteroatoms. The summed E-state index contributed by atoms with van der Waals surface area (Å²) in [6.07, 6.45) is 0. The number of rotatable bonds is 7. The first-order valence-electron chi connectivity index (χ1n) is 6.45. The summed E-state index contributed by atoms with van der Waals surface area (Å²) in [5.74, 6) is 0.989. The number of likely N-dealkylation sites (N-methyl/N-ethyl adjacent to an activating group) is 1. The zero-order valence-electron chi connectivity index (χ0n) is 12.1. The molecule has 0 aliphatic heterocycles. The van der Waals surface area contributed by atoms with Crippen LogP contribution in [-0.4, -0.2) is 37.8 Å². The summed E-state index contributed by atoms with van der Waals surface area (Å²) in [7, 11) is 3.77. The average Bonchev–Trinajstić information content (AvgIpc) is 2.36. The Bertz CT molecular complexity index is 355.